The maximum absolute atomic E-state index is 12.8. The van der Waals surface area contributed by atoms with E-state index >= 15 is 0 Å². The molecule has 2 aromatic carbocycles. The van der Waals surface area contributed by atoms with Gasteiger partial charge in [0.15, 0.2) is 0 Å². The highest BCUT2D eigenvalue weighted by Crippen LogP contribution is 2.27. The summed E-state index contributed by atoms with van der Waals surface area (Å²) >= 11 is 6.22. The van der Waals surface area contributed by atoms with Crippen LogP contribution >= 0.6 is 11.6 Å². The van der Waals surface area contributed by atoms with Gasteiger partial charge in [0, 0.05) is 37.6 Å². The van der Waals surface area contributed by atoms with E-state index < -0.39 is 15.9 Å². The monoisotopic (exact) mass is 447 g/mol. The molecule has 1 N–H and O–H groups in total. The van der Waals surface area contributed by atoms with Gasteiger partial charge in [-0.25, -0.2) is 8.42 Å². The number of amides is 1. The third-order valence-corrected chi connectivity index (χ3v) is 7.96. The molecule has 0 atom stereocenters. The van der Waals surface area contributed by atoms with Crippen LogP contribution in [0.5, 0.6) is 0 Å². The zero-order chi connectivity index (χ0) is 21.1. The normalized spacial score (nSPS) is 17.8. The summed E-state index contributed by atoms with van der Waals surface area (Å²) in [6.07, 6.45) is 5.39. The summed E-state index contributed by atoms with van der Waals surface area (Å²) in [6.45, 7) is 3.13. The minimum Gasteiger partial charge on any atom is -0.372 e. The zero-order valence-electron chi connectivity index (χ0n) is 16.8. The van der Waals surface area contributed by atoms with Gasteiger partial charge in [-0.3, -0.25) is 4.79 Å². The number of carbonyl (C=O) groups is 1. The molecule has 2 aliphatic heterocycles. The van der Waals surface area contributed by atoms with E-state index in [1.54, 1.807) is 0 Å². The number of nitrogens with zero attached hydrogens (tertiary/aromatic N) is 2. The molecular weight excluding hydrogens is 422 g/mol. The first kappa shape index (κ1) is 21.2. The number of sulfonamides is 1. The molecule has 2 aromatic rings. The Labute approximate surface area is 182 Å². The molecule has 2 aliphatic rings. The van der Waals surface area contributed by atoms with E-state index in [0.29, 0.717) is 18.8 Å². The number of nitrogens with one attached hydrogen (secondary N) is 1. The highest BCUT2D eigenvalue weighted by atomic mass is 35.5. The Morgan fingerprint density at radius 3 is 2.17 bits per heavy atom. The summed E-state index contributed by atoms with van der Waals surface area (Å²) in [5, 5.41) is 3.05. The summed E-state index contributed by atoms with van der Waals surface area (Å²) in [5.41, 5.74) is 1.94. The van der Waals surface area contributed by atoms with Gasteiger partial charge in [-0.1, -0.05) is 11.6 Å². The van der Waals surface area contributed by atoms with Crippen LogP contribution in [-0.2, 0) is 10.0 Å². The van der Waals surface area contributed by atoms with Gasteiger partial charge < -0.3 is 10.2 Å². The first-order chi connectivity index (χ1) is 14.4. The van der Waals surface area contributed by atoms with Crippen LogP contribution in [0.1, 0.15) is 42.5 Å². The number of piperidine rings is 1. The quantitative estimate of drug-likeness (QED) is 0.739. The maximum Gasteiger partial charge on any atom is 0.257 e. The summed E-state index contributed by atoms with van der Waals surface area (Å²) < 4.78 is 27.1. The highest BCUT2D eigenvalue weighted by Gasteiger charge is 2.28. The molecule has 6 nitrogen and oxygen atoms in total. The van der Waals surface area contributed by atoms with Crippen molar-refractivity contribution in [3.8, 4) is 0 Å². The van der Waals surface area contributed by atoms with Crippen LogP contribution < -0.4 is 10.2 Å². The number of benzene rings is 2. The van der Waals surface area contributed by atoms with E-state index in [4.69, 9.17) is 11.6 Å². The molecule has 4 rings (SSSR count). The van der Waals surface area contributed by atoms with Gasteiger partial charge in [0.25, 0.3) is 5.91 Å². The Morgan fingerprint density at radius 1 is 0.867 bits per heavy atom. The number of carbonyl (C=O) groups excluding carboxylic acids is 1. The molecule has 160 valence electrons. The molecule has 1 amide bonds. The van der Waals surface area contributed by atoms with E-state index in [0.717, 1.165) is 31.6 Å². The summed E-state index contributed by atoms with van der Waals surface area (Å²) in [6, 6.07) is 12.0. The molecular formula is C22H26ClN3O3S. The average molecular weight is 448 g/mol. The van der Waals surface area contributed by atoms with Gasteiger partial charge in [0.1, 0.15) is 0 Å². The van der Waals surface area contributed by atoms with Crippen LogP contribution in [0.2, 0.25) is 5.02 Å². The van der Waals surface area contributed by atoms with Gasteiger partial charge in [-0.05, 0) is 74.6 Å². The van der Waals surface area contributed by atoms with Crippen LogP contribution in [0, 0.1) is 0 Å². The van der Waals surface area contributed by atoms with Crippen molar-refractivity contribution in [3.63, 3.8) is 0 Å². The van der Waals surface area contributed by atoms with Crippen LogP contribution in [0.3, 0.4) is 0 Å². The van der Waals surface area contributed by atoms with E-state index in [1.807, 2.05) is 24.3 Å². The summed E-state index contributed by atoms with van der Waals surface area (Å²) in [7, 11) is -3.61. The Balaban J connectivity index is 1.50. The Bertz CT molecular complexity index is 1010. The van der Waals surface area contributed by atoms with Gasteiger partial charge in [-0.15, -0.1) is 0 Å². The second kappa shape index (κ2) is 8.96. The highest BCUT2D eigenvalue weighted by molar-refractivity contribution is 7.89. The molecule has 0 saturated carbocycles. The number of rotatable bonds is 5. The number of hydrogen-bond donors (Lipinski definition) is 1. The third kappa shape index (κ3) is 4.48. The van der Waals surface area contributed by atoms with Crippen LogP contribution in [0.25, 0.3) is 0 Å². The lowest BCUT2D eigenvalue weighted by Crippen LogP contribution is -2.29. The third-order valence-electron chi connectivity index (χ3n) is 5.73. The first-order valence-corrected chi connectivity index (χ1v) is 12.2. The molecule has 2 heterocycles. The maximum atomic E-state index is 12.8. The predicted molar refractivity (Wildman–Crippen MR) is 120 cm³/mol. The van der Waals surface area contributed by atoms with E-state index in [2.05, 4.69) is 10.2 Å². The molecule has 0 aromatic heterocycles. The van der Waals surface area contributed by atoms with Crippen LogP contribution in [0.15, 0.2) is 47.4 Å². The first-order valence-electron chi connectivity index (χ1n) is 10.4. The Kier molecular flexibility index (Phi) is 6.32. The van der Waals surface area contributed by atoms with Crippen molar-refractivity contribution in [2.75, 3.05) is 36.4 Å². The van der Waals surface area contributed by atoms with Crippen LogP contribution in [0.4, 0.5) is 11.4 Å². The van der Waals surface area contributed by atoms with Crippen LogP contribution in [-0.4, -0.2) is 44.8 Å². The lowest BCUT2D eigenvalue weighted by Gasteiger charge is -2.28. The van der Waals surface area contributed by atoms with Gasteiger partial charge >= 0.3 is 0 Å². The fraction of sp³-hybridized carbons (Fsp3) is 0.409. The van der Waals surface area contributed by atoms with Gasteiger partial charge in [-0.2, -0.15) is 4.31 Å². The molecule has 0 unspecified atom stereocenters. The molecule has 2 fully saturated rings. The molecule has 2 saturated heterocycles. The minimum absolute atomic E-state index is 0.0967. The predicted octanol–water partition coefficient (Wildman–Crippen LogP) is 4.37. The Hall–Kier alpha value is -2.09. The second-order valence-electron chi connectivity index (χ2n) is 7.80. The second-order valence-corrected chi connectivity index (χ2v) is 10.1. The lowest BCUT2D eigenvalue weighted by atomic mass is 10.1. The average Bonchev–Trinajstić information content (AvgIpc) is 3.31. The number of halogens is 1. The Morgan fingerprint density at radius 2 is 1.50 bits per heavy atom. The number of anilines is 2. The van der Waals surface area contributed by atoms with Crippen molar-refractivity contribution in [1.82, 2.24) is 4.31 Å². The molecule has 0 bridgehead atoms. The van der Waals surface area contributed by atoms with Crippen molar-refractivity contribution in [1.29, 1.82) is 0 Å². The molecule has 8 heteroatoms. The van der Waals surface area contributed by atoms with Crippen molar-refractivity contribution in [3.05, 3.63) is 53.1 Å². The van der Waals surface area contributed by atoms with E-state index in [-0.39, 0.29) is 15.5 Å². The molecule has 0 spiro atoms. The molecule has 30 heavy (non-hydrogen) atoms. The number of hydrogen-bond acceptors (Lipinski definition) is 4. The fourth-order valence-corrected chi connectivity index (χ4v) is 5.77. The zero-order valence-corrected chi connectivity index (χ0v) is 18.4. The fourth-order valence-electron chi connectivity index (χ4n) is 4.02. The van der Waals surface area contributed by atoms with Gasteiger partial charge in [0.2, 0.25) is 10.0 Å². The van der Waals surface area contributed by atoms with Crippen molar-refractivity contribution in [2.24, 2.45) is 0 Å². The van der Waals surface area contributed by atoms with E-state index in [9.17, 15) is 13.2 Å². The smallest absolute Gasteiger partial charge is 0.257 e. The topological polar surface area (TPSA) is 69.7 Å². The van der Waals surface area contributed by atoms with Crippen molar-refractivity contribution in [2.45, 2.75) is 37.0 Å². The van der Waals surface area contributed by atoms with Gasteiger partial charge in [0.05, 0.1) is 15.5 Å². The summed E-state index contributed by atoms with van der Waals surface area (Å²) in [4.78, 5) is 15.3. The largest absolute Gasteiger partial charge is 0.372 e. The molecule has 0 aliphatic carbocycles. The van der Waals surface area contributed by atoms with Crippen molar-refractivity contribution < 1.29 is 13.2 Å². The minimum atomic E-state index is -3.61. The van der Waals surface area contributed by atoms with Crippen molar-refractivity contribution >= 4 is 38.9 Å². The summed E-state index contributed by atoms with van der Waals surface area (Å²) in [5.74, 6) is -0.427. The van der Waals surface area contributed by atoms with E-state index in [1.165, 1.54) is 41.8 Å². The molecule has 0 radical (unpaired) electrons. The lowest BCUT2D eigenvalue weighted by molar-refractivity contribution is 0.102. The SMILES string of the molecule is O=C(Nc1ccc(N2CCCCC2)cc1)c1cc(S(=O)(=O)N2CCCC2)ccc1Cl. The standard InChI is InChI=1S/C22H26ClN3O3S/c23-21-11-10-19(30(28,29)26-14-4-5-15-26)16-20(21)22(27)24-17-6-8-18(9-7-17)25-12-2-1-3-13-25/h6-11,16H,1-5,12-15H2,(H,24,27).